The van der Waals surface area contributed by atoms with E-state index in [4.69, 9.17) is 9.47 Å². The number of carbonyl (C=O) groups excluding carboxylic acids is 1. The SMILES string of the molecule is Cc1c(C(=O)OCC2CN(Cc3ccccc3)CCO2)cccc1[N+](=O)[O-]. The van der Waals surface area contributed by atoms with Gasteiger partial charge in [0.1, 0.15) is 12.7 Å². The molecule has 0 aromatic heterocycles. The van der Waals surface area contributed by atoms with Crippen LogP contribution < -0.4 is 0 Å². The molecule has 7 heteroatoms. The van der Waals surface area contributed by atoms with E-state index < -0.39 is 10.9 Å². The summed E-state index contributed by atoms with van der Waals surface area (Å²) in [6.45, 7) is 4.54. The minimum atomic E-state index is -0.569. The Bertz CT molecular complexity index is 809. The molecule has 142 valence electrons. The summed E-state index contributed by atoms with van der Waals surface area (Å²) in [6.07, 6.45) is -0.217. The topological polar surface area (TPSA) is 81.9 Å². The van der Waals surface area contributed by atoms with Crippen molar-refractivity contribution in [3.63, 3.8) is 0 Å². The number of nitro benzene ring substituents is 1. The first kappa shape index (κ1) is 19.0. The molecule has 0 amide bonds. The van der Waals surface area contributed by atoms with E-state index in [0.29, 0.717) is 18.7 Å². The minimum absolute atomic E-state index is 0.0904. The highest BCUT2D eigenvalue weighted by molar-refractivity contribution is 5.92. The smallest absolute Gasteiger partial charge is 0.338 e. The van der Waals surface area contributed by atoms with Crippen LogP contribution in [0.25, 0.3) is 0 Å². The zero-order valence-corrected chi connectivity index (χ0v) is 15.2. The fourth-order valence-corrected chi connectivity index (χ4v) is 3.16. The van der Waals surface area contributed by atoms with E-state index in [1.165, 1.54) is 23.8 Å². The molecule has 0 saturated carbocycles. The molecule has 3 rings (SSSR count). The van der Waals surface area contributed by atoms with Gasteiger partial charge >= 0.3 is 5.97 Å². The summed E-state index contributed by atoms with van der Waals surface area (Å²) in [5, 5.41) is 11.0. The summed E-state index contributed by atoms with van der Waals surface area (Å²) in [6, 6.07) is 14.6. The largest absolute Gasteiger partial charge is 0.459 e. The summed E-state index contributed by atoms with van der Waals surface area (Å²) < 4.78 is 11.1. The van der Waals surface area contributed by atoms with Gasteiger partial charge in [0, 0.05) is 31.3 Å². The summed E-state index contributed by atoms with van der Waals surface area (Å²) in [7, 11) is 0. The fraction of sp³-hybridized carbons (Fsp3) is 0.350. The van der Waals surface area contributed by atoms with Gasteiger partial charge in [-0.05, 0) is 18.6 Å². The van der Waals surface area contributed by atoms with Gasteiger partial charge in [0.2, 0.25) is 0 Å². The Labute approximate surface area is 157 Å². The summed E-state index contributed by atoms with van der Waals surface area (Å²) in [5.41, 5.74) is 1.65. The number of esters is 1. The molecule has 1 unspecified atom stereocenters. The van der Waals surface area contributed by atoms with Gasteiger partial charge < -0.3 is 9.47 Å². The highest BCUT2D eigenvalue weighted by atomic mass is 16.6. The second kappa shape index (κ2) is 8.75. The molecule has 0 N–H and O–H groups in total. The van der Waals surface area contributed by atoms with Crippen molar-refractivity contribution in [2.75, 3.05) is 26.3 Å². The highest BCUT2D eigenvalue weighted by Gasteiger charge is 2.24. The lowest BCUT2D eigenvalue weighted by Crippen LogP contribution is -2.44. The molecular weight excluding hydrogens is 348 g/mol. The van der Waals surface area contributed by atoms with Gasteiger partial charge in [-0.1, -0.05) is 36.4 Å². The predicted octanol–water partition coefficient (Wildman–Crippen LogP) is 2.96. The third-order valence-electron chi connectivity index (χ3n) is 4.59. The molecule has 1 fully saturated rings. The lowest BCUT2D eigenvalue weighted by molar-refractivity contribution is -0.385. The van der Waals surface area contributed by atoms with Gasteiger partial charge in [0.05, 0.1) is 17.1 Å². The van der Waals surface area contributed by atoms with Crippen LogP contribution in [0, 0.1) is 17.0 Å². The van der Waals surface area contributed by atoms with Crippen molar-refractivity contribution in [3.8, 4) is 0 Å². The van der Waals surface area contributed by atoms with Crippen LogP contribution >= 0.6 is 0 Å². The highest BCUT2D eigenvalue weighted by Crippen LogP contribution is 2.22. The van der Waals surface area contributed by atoms with Crippen LogP contribution in [-0.4, -0.2) is 48.2 Å². The summed E-state index contributed by atoms with van der Waals surface area (Å²) in [4.78, 5) is 25.1. The van der Waals surface area contributed by atoms with Crippen LogP contribution in [0.2, 0.25) is 0 Å². The number of nitrogens with zero attached hydrogens (tertiary/aromatic N) is 2. The van der Waals surface area contributed by atoms with Crippen molar-refractivity contribution in [1.29, 1.82) is 0 Å². The number of nitro groups is 1. The standard InChI is InChI=1S/C20H22N2O5/c1-15-18(8-5-9-19(15)22(24)25)20(23)27-14-17-13-21(10-11-26-17)12-16-6-3-2-4-7-16/h2-9,17H,10-14H2,1H3. The molecule has 0 spiro atoms. The Morgan fingerprint density at radius 2 is 2.04 bits per heavy atom. The minimum Gasteiger partial charge on any atom is -0.459 e. The Balaban J connectivity index is 1.56. The first-order chi connectivity index (χ1) is 13.0. The number of ether oxygens (including phenoxy) is 2. The number of benzene rings is 2. The van der Waals surface area contributed by atoms with Crippen LogP contribution in [-0.2, 0) is 16.0 Å². The second-order valence-electron chi connectivity index (χ2n) is 6.52. The monoisotopic (exact) mass is 370 g/mol. The maximum absolute atomic E-state index is 12.3. The van der Waals surface area contributed by atoms with Gasteiger partial charge in [0.25, 0.3) is 5.69 Å². The van der Waals surface area contributed by atoms with Crippen molar-refractivity contribution in [2.45, 2.75) is 19.6 Å². The fourth-order valence-electron chi connectivity index (χ4n) is 3.16. The van der Waals surface area contributed by atoms with E-state index in [1.807, 2.05) is 18.2 Å². The zero-order chi connectivity index (χ0) is 19.2. The van der Waals surface area contributed by atoms with Crippen molar-refractivity contribution < 1.29 is 19.2 Å². The number of hydrogen-bond acceptors (Lipinski definition) is 6. The molecule has 2 aromatic carbocycles. The first-order valence-electron chi connectivity index (χ1n) is 8.83. The number of hydrogen-bond donors (Lipinski definition) is 0. The van der Waals surface area contributed by atoms with Gasteiger partial charge in [0.15, 0.2) is 0 Å². The molecule has 2 aromatic rings. The van der Waals surface area contributed by atoms with E-state index in [9.17, 15) is 14.9 Å². The van der Waals surface area contributed by atoms with Crippen molar-refractivity contribution in [1.82, 2.24) is 4.90 Å². The van der Waals surface area contributed by atoms with E-state index in [2.05, 4.69) is 17.0 Å². The second-order valence-corrected chi connectivity index (χ2v) is 6.52. The number of morpholine rings is 1. The first-order valence-corrected chi connectivity index (χ1v) is 8.83. The lowest BCUT2D eigenvalue weighted by Gasteiger charge is -2.32. The molecule has 1 aliphatic rings. The summed E-state index contributed by atoms with van der Waals surface area (Å²) >= 11 is 0. The van der Waals surface area contributed by atoms with E-state index in [1.54, 1.807) is 6.92 Å². The van der Waals surface area contributed by atoms with Gasteiger partial charge in [-0.3, -0.25) is 15.0 Å². The molecule has 27 heavy (non-hydrogen) atoms. The van der Waals surface area contributed by atoms with Crippen molar-refractivity contribution in [2.24, 2.45) is 0 Å². The zero-order valence-electron chi connectivity index (χ0n) is 15.2. The van der Waals surface area contributed by atoms with Crippen LogP contribution in [0.4, 0.5) is 5.69 Å². The third-order valence-corrected chi connectivity index (χ3v) is 4.59. The van der Waals surface area contributed by atoms with E-state index >= 15 is 0 Å². The average Bonchev–Trinajstić information content (AvgIpc) is 2.67. The lowest BCUT2D eigenvalue weighted by atomic mass is 10.1. The van der Waals surface area contributed by atoms with Crippen LogP contribution in [0.1, 0.15) is 21.5 Å². The maximum atomic E-state index is 12.3. The van der Waals surface area contributed by atoms with E-state index in [0.717, 1.165) is 13.1 Å². The molecule has 0 radical (unpaired) electrons. The van der Waals surface area contributed by atoms with Crippen LogP contribution in [0.5, 0.6) is 0 Å². The quantitative estimate of drug-likeness (QED) is 0.442. The Hall–Kier alpha value is -2.77. The van der Waals surface area contributed by atoms with Crippen molar-refractivity contribution >= 4 is 11.7 Å². The molecule has 0 bridgehead atoms. The Morgan fingerprint density at radius 1 is 1.26 bits per heavy atom. The summed E-state index contributed by atoms with van der Waals surface area (Å²) in [5.74, 6) is -0.569. The molecule has 1 aliphatic heterocycles. The Morgan fingerprint density at radius 3 is 2.78 bits per heavy atom. The third kappa shape index (κ3) is 4.90. The van der Waals surface area contributed by atoms with E-state index in [-0.39, 0.29) is 24.0 Å². The Kier molecular flexibility index (Phi) is 6.16. The molecule has 1 saturated heterocycles. The van der Waals surface area contributed by atoms with Crippen LogP contribution in [0.15, 0.2) is 48.5 Å². The van der Waals surface area contributed by atoms with Gasteiger partial charge in [-0.25, -0.2) is 4.79 Å². The van der Waals surface area contributed by atoms with Gasteiger partial charge in [-0.15, -0.1) is 0 Å². The van der Waals surface area contributed by atoms with Crippen LogP contribution in [0.3, 0.4) is 0 Å². The normalized spacial score (nSPS) is 17.4. The number of rotatable bonds is 6. The molecule has 0 aliphatic carbocycles. The number of carbonyl (C=O) groups is 1. The molecule has 7 nitrogen and oxygen atoms in total. The van der Waals surface area contributed by atoms with Gasteiger partial charge in [-0.2, -0.15) is 0 Å². The van der Waals surface area contributed by atoms with Crippen molar-refractivity contribution in [3.05, 3.63) is 75.3 Å². The predicted molar refractivity (Wildman–Crippen MR) is 99.6 cm³/mol. The molecular formula is C20H22N2O5. The molecule has 1 atom stereocenters. The molecule has 1 heterocycles. The average molecular weight is 370 g/mol. The maximum Gasteiger partial charge on any atom is 0.338 e.